The minimum atomic E-state index is -0.311. The molecule has 0 radical (unpaired) electrons. The largest absolute Gasteiger partial charge is 0.465 e. The summed E-state index contributed by atoms with van der Waals surface area (Å²) in [6.45, 7) is 2.03. The third-order valence-electron chi connectivity index (χ3n) is 5.78. The number of esters is 1. The van der Waals surface area contributed by atoms with E-state index in [0.29, 0.717) is 16.9 Å². The molecule has 0 aromatic heterocycles. The van der Waals surface area contributed by atoms with E-state index in [1.807, 2.05) is 12.1 Å². The lowest BCUT2D eigenvalue weighted by molar-refractivity contribution is -0.184. The van der Waals surface area contributed by atoms with Crippen molar-refractivity contribution in [3.8, 4) is 0 Å². The molecule has 3 rings (SSSR count). The molecule has 25 heavy (non-hydrogen) atoms. The standard InChI is InChI=1S/C19H26BrNO4/c1-23-17(22)15-10-14(4-5-16(15)20)21-8-6-19(7-9-21)11-13(12-19)18(24-2)25-3/h4-5,10,13,18H,6-9,11-12H2,1-3H3. The van der Waals surface area contributed by atoms with Crippen molar-refractivity contribution >= 4 is 27.6 Å². The molecule has 1 aromatic rings. The topological polar surface area (TPSA) is 48.0 Å². The fraction of sp³-hybridized carbons (Fsp3) is 0.632. The number of hydrogen-bond donors (Lipinski definition) is 0. The van der Waals surface area contributed by atoms with Crippen molar-refractivity contribution in [1.82, 2.24) is 0 Å². The zero-order chi connectivity index (χ0) is 18.0. The van der Waals surface area contributed by atoms with Crippen molar-refractivity contribution in [2.75, 3.05) is 39.3 Å². The van der Waals surface area contributed by atoms with Crippen LogP contribution in [0.4, 0.5) is 5.69 Å². The molecular formula is C19H26BrNO4. The lowest BCUT2D eigenvalue weighted by atomic mass is 9.57. The number of anilines is 1. The quantitative estimate of drug-likeness (QED) is 0.543. The molecule has 0 atom stereocenters. The molecule has 0 unspecified atom stereocenters. The van der Waals surface area contributed by atoms with E-state index in [2.05, 4.69) is 26.9 Å². The van der Waals surface area contributed by atoms with E-state index in [1.54, 1.807) is 14.2 Å². The van der Waals surface area contributed by atoms with E-state index in [0.717, 1.165) is 23.2 Å². The zero-order valence-electron chi connectivity index (χ0n) is 15.1. The van der Waals surface area contributed by atoms with E-state index < -0.39 is 0 Å². The van der Waals surface area contributed by atoms with Crippen LogP contribution in [0, 0.1) is 11.3 Å². The first-order valence-corrected chi connectivity index (χ1v) is 9.49. The summed E-state index contributed by atoms with van der Waals surface area (Å²) in [5, 5.41) is 0. The first-order valence-electron chi connectivity index (χ1n) is 8.70. The van der Waals surface area contributed by atoms with Crippen molar-refractivity contribution < 1.29 is 19.0 Å². The van der Waals surface area contributed by atoms with Gasteiger partial charge < -0.3 is 19.1 Å². The Labute approximate surface area is 157 Å². The van der Waals surface area contributed by atoms with Crippen LogP contribution in [0.3, 0.4) is 0 Å². The normalized spacial score (nSPS) is 20.0. The van der Waals surface area contributed by atoms with Gasteiger partial charge >= 0.3 is 5.97 Å². The summed E-state index contributed by atoms with van der Waals surface area (Å²) in [6.07, 6.45) is 4.64. The predicted molar refractivity (Wildman–Crippen MR) is 99.9 cm³/mol. The second kappa shape index (κ2) is 7.64. The summed E-state index contributed by atoms with van der Waals surface area (Å²) in [6, 6.07) is 5.90. The van der Waals surface area contributed by atoms with E-state index in [1.165, 1.54) is 32.8 Å². The number of piperidine rings is 1. The third-order valence-corrected chi connectivity index (χ3v) is 6.48. The zero-order valence-corrected chi connectivity index (χ0v) is 16.7. The van der Waals surface area contributed by atoms with Crippen molar-refractivity contribution in [3.63, 3.8) is 0 Å². The summed E-state index contributed by atoms with van der Waals surface area (Å²) >= 11 is 3.42. The number of rotatable bonds is 5. The molecule has 2 aliphatic rings. The maximum atomic E-state index is 11.9. The van der Waals surface area contributed by atoms with Gasteiger partial charge in [0, 0.05) is 43.4 Å². The monoisotopic (exact) mass is 411 g/mol. The highest BCUT2D eigenvalue weighted by Crippen LogP contribution is 2.54. The Morgan fingerprint density at radius 3 is 2.40 bits per heavy atom. The van der Waals surface area contributed by atoms with Gasteiger partial charge in [0.25, 0.3) is 0 Å². The summed E-state index contributed by atoms with van der Waals surface area (Å²) in [4.78, 5) is 14.3. The van der Waals surface area contributed by atoms with Gasteiger partial charge in [0.2, 0.25) is 0 Å². The number of nitrogens with zero attached hydrogens (tertiary/aromatic N) is 1. The number of carbonyl (C=O) groups excluding carboxylic acids is 1. The number of halogens is 1. The lowest BCUT2D eigenvalue weighted by Gasteiger charge is -2.54. The molecule has 0 amide bonds. The molecule has 2 fully saturated rings. The first kappa shape index (κ1) is 18.7. The molecule has 1 aliphatic carbocycles. The second-order valence-corrected chi connectivity index (χ2v) is 8.01. The van der Waals surface area contributed by atoms with Crippen LogP contribution in [0.5, 0.6) is 0 Å². The fourth-order valence-corrected chi connectivity index (χ4v) is 4.76. The molecule has 1 saturated heterocycles. The number of ether oxygens (including phenoxy) is 3. The Balaban J connectivity index is 1.61. The van der Waals surface area contributed by atoms with Crippen LogP contribution in [-0.4, -0.2) is 46.7 Å². The minimum Gasteiger partial charge on any atom is -0.465 e. The summed E-state index contributed by atoms with van der Waals surface area (Å²) in [5.41, 5.74) is 2.10. The lowest BCUT2D eigenvalue weighted by Crippen LogP contribution is -2.50. The van der Waals surface area contributed by atoms with Crippen LogP contribution in [-0.2, 0) is 14.2 Å². The van der Waals surface area contributed by atoms with Crippen LogP contribution >= 0.6 is 15.9 Å². The maximum absolute atomic E-state index is 11.9. The number of hydrogen-bond acceptors (Lipinski definition) is 5. The van der Waals surface area contributed by atoms with Gasteiger partial charge in [-0.1, -0.05) is 0 Å². The van der Waals surface area contributed by atoms with Gasteiger partial charge in [0.1, 0.15) is 0 Å². The average Bonchev–Trinajstić information content (AvgIpc) is 2.61. The van der Waals surface area contributed by atoms with Gasteiger partial charge in [-0.3, -0.25) is 0 Å². The Kier molecular flexibility index (Phi) is 5.71. The molecule has 0 N–H and O–H groups in total. The van der Waals surface area contributed by atoms with Crippen LogP contribution < -0.4 is 4.90 Å². The van der Waals surface area contributed by atoms with Crippen molar-refractivity contribution in [2.45, 2.75) is 32.0 Å². The van der Waals surface area contributed by atoms with E-state index in [9.17, 15) is 4.79 Å². The van der Waals surface area contributed by atoms with Gasteiger partial charge in [-0.15, -0.1) is 0 Å². The van der Waals surface area contributed by atoms with Gasteiger partial charge in [-0.25, -0.2) is 4.79 Å². The summed E-state index contributed by atoms with van der Waals surface area (Å²) in [7, 11) is 4.84. The summed E-state index contributed by atoms with van der Waals surface area (Å²) in [5.74, 6) is 0.203. The van der Waals surface area contributed by atoms with Crippen LogP contribution in [0.25, 0.3) is 0 Å². The van der Waals surface area contributed by atoms with Crippen LogP contribution in [0.1, 0.15) is 36.0 Å². The number of methoxy groups -OCH3 is 3. The first-order chi connectivity index (χ1) is 12.0. The van der Waals surface area contributed by atoms with Gasteiger partial charge in [-0.05, 0) is 65.2 Å². The Bertz CT molecular complexity index is 616. The molecule has 6 heteroatoms. The molecule has 5 nitrogen and oxygen atoms in total. The molecule has 1 aromatic carbocycles. The number of carbonyl (C=O) groups is 1. The average molecular weight is 412 g/mol. The molecule has 0 bridgehead atoms. The second-order valence-electron chi connectivity index (χ2n) is 7.15. The SMILES string of the molecule is COC(=O)c1cc(N2CCC3(CC2)CC(C(OC)OC)C3)ccc1Br. The highest BCUT2D eigenvalue weighted by atomic mass is 79.9. The van der Waals surface area contributed by atoms with Gasteiger partial charge in [0.15, 0.2) is 6.29 Å². The Morgan fingerprint density at radius 2 is 1.84 bits per heavy atom. The predicted octanol–water partition coefficient (Wildman–Crippen LogP) is 3.85. The highest BCUT2D eigenvalue weighted by molar-refractivity contribution is 9.10. The van der Waals surface area contributed by atoms with E-state index in [-0.39, 0.29) is 12.3 Å². The summed E-state index contributed by atoms with van der Waals surface area (Å²) < 4.78 is 16.4. The Morgan fingerprint density at radius 1 is 1.20 bits per heavy atom. The molecule has 1 heterocycles. The molecule has 138 valence electrons. The maximum Gasteiger partial charge on any atom is 0.339 e. The van der Waals surface area contributed by atoms with Gasteiger partial charge in [-0.2, -0.15) is 0 Å². The number of benzene rings is 1. The molecule has 1 aliphatic heterocycles. The van der Waals surface area contributed by atoms with Gasteiger partial charge in [0.05, 0.1) is 12.7 Å². The fourth-order valence-electron chi connectivity index (χ4n) is 4.35. The highest BCUT2D eigenvalue weighted by Gasteiger charge is 2.48. The molecule has 1 spiro atoms. The minimum absolute atomic E-state index is 0.0715. The van der Waals surface area contributed by atoms with Crippen molar-refractivity contribution in [3.05, 3.63) is 28.2 Å². The van der Waals surface area contributed by atoms with Crippen LogP contribution in [0.2, 0.25) is 0 Å². The van der Waals surface area contributed by atoms with E-state index >= 15 is 0 Å². The smallest absolute Gasteiger partial charge is 0.339 e. The molecular weight excluding hydrogens is 386 g/mol. The third kappa shape index (κ3) is 3.71. The molecule has 1 saturated carbocycles. The van der Waals surface area contributed by atoms with Crippen molar-refractivity contribution in [2.24, 2.45) is 11.3 Å². The van der Waals surface area contributed by atoms with E-state index in [4.69, 9.17) is 14.2 Å². The Hall–Kier alpha value is -1.11. The van der Waals surface area contributed by atoms with Crippen LogP contribution in [0.15, 0.2) is 22.7 Å². The van der Waals surface area contributed by atoms with Crippen molar-refractivity contribution in [1.29, 1.82) is 0 Å².